The number of nitrogens with two attached hydrogens (primary N) is 1. The summed E-state index contributed by atoms with van der Waals surface area (Å²) >= 11 is 0. The number of hydrogen-bond donors (Lipinski definition) is 1. The molecule has 1 saturated carbocycles. The van der Waals surface area contributed by atoms with E-state index in [2.05, 4.69) is 18.7 Å². The van der Waals surface area contributed by atoms with Crippen LogP contribution in [0.3, 0.4) is 0 Å². The molecule has 3 heteroatoms. The highest BCUT2D eigenvalue weighted by Crippen LogP contribution is 2.35. The number of amides is 1. The number of hydrogen-bond acceptors (Lipinski definition) is 2. The van der Waals surface area contributed by atoms with E-state index in [1.807, 2.05) is 0 Å². The average Bonchev–Trinajstić information content (AvgIpc) is 2.86. The minimum Gasteiger partial charge on any atom is -0.339 e. The van der Waals surface area contributed by atoms with Crippen LogP contribution in [0, 0.1) is 17.8 Å². The third-order valence-electron chi connectivity index (χ3n) is 4.88. The average molecular weight is 252 g/mol. The topological polar surface area (TPSA) is 46.3 Å². The molecule has 2 aliphatic rings. The fourth-order valence-corrected chi connectivity index (χ4v) is 3.78. The normalized spacial score (nSPS) is 33.1. The molecule has 18 heavy (non-hydrogen) atoms. The molecule has 2 rings (SSSR count). The zero-order chi connectivity index (χ0) is 13.1. The van der Waals surface area contributed by atoms with Gasteiger partial charge in [0.2, 0.25) is 5.91 Å². The Morgan fingerprint density at radius 3 is 2.67 bits per heavy atom. The van der Waals surface area contributed by atoms with Gasteiger partial charge in [0.1, 0.15) is 0 Å². The predicted molar refractivity (Wildman–Crippen MR) is 74.1 cm³/mol. The van der Waals surface area contributed by atoms with E-state index in [-0.39, 0.29) is 5.92 Å². The van der Waals surface area contributed by atoms with Gasteiger partial charge in [-0.05, 0) is 50.5 Å². The minimum atomic E-state index is 0.217. The van der Waals surface area contributed by atoms with Crippen molar-refractivity contribution in [2.45, 2.75) is 58.4 Å². The van der Waals surface area contributed by atoms with Gasteiger partial charge in [-0.3, -0.25) is 4.79 Å². The molecule has 0 aromatic carbocycles. The second kappa shape index (κ2) is 6.05. The Bertz CT molecular complexity index is 290. The zero-order valence-electron chi connectivity index (χ0n) is 11.9. The monoisotopic (exact) mass is 252 g/mol. The maximum absolute atomic E-state index is 12.8. The van der Waals surface area contributed by atoms with Gasteiger partial charge in [-0.1, -0.05) is 20.3 Å². The molecule has 2 N–H and O–H groups in total. The van der Waals surface area contributed by atoms with E-state index < -0.39 is 0 Å². The number of carbonyl (C=O) groups is 1. The van der Waals surface area contributed by atoms with E-state index >= 15 is 0 Å². The lowest BCUT2D eigenvalue weighted by Gasteiger charge is -2.40. The van der Waals surface area contributed by atoms with Gasteiger partial charge >= 0.3 is 0 Å². The van der Waals surface area contributed by atoms with Gasteiger partial charge in [-0.25, -0.2) is 0 Å². The molecule has 3 atom stereocenters. The third kappa shape index (κ3) is 2.71. The largest absolute Gasteiger partial charge is 0.339 e. The zero-order valence-corrected chi connectivity index (χ0v) is 11.9. The first kappa shape index (κ1) is 13.9. The van der Waals surface area contributed by atoms with E-state index in [4.69, 9.17) is 5.73 Å². The molecular formula is C15H28N2O. The Morgan fingerprint density at radius 2 is 2.00 bits per heavy atom. The summed E-state index contributed by atoms with van der Waals surface area (Å²) in [5.74, 6) is 1.63. The highest BCUT2D eigenvalue weighted by Gasteiger charge is 2.38. The van der Waals surface area contributed by atoms with Crippen molar-refractivity contribution in [2.24, 2.45) is 23.5 Å². The van der Waals surface area contributed by atoms with Crippen molar-refractivity contribution in [3.8, 4) is 0 Å². The van der Waals surface area contributed by atoms with Crippen LogP contribution < -0.4 is 5.73 Å². The molecule has 0 aromatic rings. The second-order valence-electron chi connectivity index (χ2n) is 6.37. The Kier molecular flexibility index (Phi) is 4.66. The molecule has 104 valence electrons. The lowest BCUT2D eigenvalue weighted by molar-refractivity contribution is -0.141. The number of rotatable bonds is 3. The molecule has 1 unspecified atom stereocenters. The molecule has 1 saturated heterocycles. The van der Waals surface area contributed by atoms with Crippen LogP contribution in [0.1, 0.15) is 52.4 Å². The van der Waals surface area contributed by atoms with E-state index in [1.54, 1.807) is 0 Å². The fourth-order valence-electron chi connectivity index (χ4n) is 3.78. The van der Waals surface area contributed by atoms with E-state index in [0.29, 0.717) is 30.3 Å². The van der Waals surface area contributed by atoms with Crippen molar-refractivity contribution >= 4 is 5.91 Å². The van der Waals surface area contributed by atoms with Crippen LogP contribution in [0.5, 0.6) is 0 Å². The smallest absolute Gasteiger partial charge is 0.226 e. The Balaban J connectivity index is 2.06. The number of likely N-dealkylation sites (tertiary alicyclic amines) is 1. The molecule has 0 aromatic heterocycles. The summed E-state index contributed by atoms with van der Waals surface area (Å²) in [4.78, 5) is 14.9. The molecule has 1 heterocycles. The Hall–Kier alpha value is -0.570. The van der Waals surface area contributed by atoms with Gasteiger partial charge < -0.3 is 10.6 Å². The third-order valence-corrected chi connectivity index (χ3v) is 4.88. The summed E-state index contributed by atoms with van der Waals surface area (Å²) in [6.07, 6.45) is 7.02. The molecule has 1 aliphatic heterocycles. The highest BCUT2D eigenvalue weighted by atomic mass is 16.2. The van der Waals surface area contributed by atoms with Crippen molar-refractivity contribution < 1.29 is 4.79 Å². The first-order valence-corrected chi connectivity index (χ1v) is 7.65. The Labute approximate surface area is 111 Å². The van der Waals surface area contributed by atoms with Crippen LogP contribution in [-0.4, -0.2) is 29.9 Å². The van der Waals surface area contributed by atoms with Crippen LogP contribution in [0.15, 0.2) is 0 Å². The number of nitrogens with zero attached hydrogens (tertiary/aromatic N) is 1. The van der Waals surface area contributed by atoms with E-state index in [0.717, 1.165) is 19.4 Å². The molecule has 0 bridgehead atoms. The molecule has 2 fully saturated rings. The van der Waals surface area contributed by atoms with Crippen LogP contribution in [-0.2, 0) is 4.79 Å². The lowest BCUT2D eigenvalue weighted by Crippen LogP contribution is -2.49. The van der Waals surface area contributed by atoms with Crippen LogP contribution in [0.4, 0.5) is 0 Å². The summed E-state index contributed by atoms with van der Waals surface area (Å²) in [7, 11) is 0. The number of carbonyl (C=O) groups excluding carboxylic acids is 1. The first-order valence-electron chi connectivity index (χ1n) is 7.65. The molecule has 0 radical (unpaired) electrons. The maximum Gasteiger partial charge on any atom is 0.226 e. The summed E-state index contributed by atoms with van der Waals surface area (Å²) in [6, 6.07) is 0.463. The fraction of sp³-hybridized carbons (Fsp3) is 0.933. The molecule has 3 nitrogen and oxygen atoms in total. The van der Waals surface area contributed by atoms with Crippen LogP contribution in [0.2, 0.25) is 0 Å². The van der Waals surface area contributed by atoms with Crippen molar-refractivity contribution in [1.82, 2.24) is 4.90 Å². The number of piperidine rings is 1. The maximum atomic E-state index is 12.8. The first-order chi connectivity index (χ1) is 8.65. The minimum absolute atomic E-state index is 0.217. The van der Waals surface area contributed by atoms with Crippen molar-refractivity contribution in [3.05, 3.63) is 0 Å². The standard InChI is InChI=1S/C15H28N2O/c1-11(2)14-8-3-4-9-17(14)15(18)13-7-5-6-12(13)10-16/h11-14H,3-10,16H2,1-2H3/t12-,13-,14?/m1/s1. The SMILES string of the molecule is CC(C)C1CCCCN1C(=O)[C@@H]1CCC[C@@H]1CN. The molecule has 0 spiro atoms. The second-order valence-corrected chi connectivity index (χ2v) is 6.37. The van der Waals surface area contributed by atoms with Gasteiger partial charge in [0.05, 0.1) is 0 Å². The van der Waals surface area contributed by atoms with Gasteiger partial charge in [0.25, 0.3) is 0 Å². The summed E-state index contributed by atoms with van der Waals surface area (Å²) in [6.45, 7) is 6.13. The summed E-state index contributed by atoms with van der Waals surface area (Å²) in [5.41, 5.74) is 5.82. The van der Waals surface area contributed by atoms with E-state index in [9.17, 15) is 4.79 Å². The van der Waals surface area contributed by atoms with Crippen LogP contribution in [0.25, 0.3) is 0 Å². The van der Waals surface area contributed by atoms with Crippen molar-refractivity contribution in [2.75, 3.05) is 13.1 Å². The van der Waals surface area contributed by atoms with Crippen LogP contribution >= 0.6 is 0 Å². The Morgan fingerprint density at radius 1 is 1.22 bits per heavy atom. The van der Waals surface area contributed by atoms with E-state index in [1.165, 1.54) is 25.7 Å². The van der Waals surface area contributed by atoms with Gasteiger partial charge in [-0.2, -0.15) is 0 Å². The molecule has 1 amide bonds. The highest BCUT2D eigenvalue weighted by molar-refractivity contribution is 5.80. The molecule has 1 aliphatic carbocycles. The summed E-state index contributed by atoms with van der Waals surface area (Å²) in [5, 5.41) is 0. The van der Waals surface area contributed by atoms with Gasteiger partial charge in [-0.15, -0.1) is 0 Å². The summed E-state index contributed by atoms with van der Waals surface area (Å²) < 4.78 is 0. The van der Waals surface area contributed by atoms with Gasteiger partial charge in [0, 0.05) is 18.5 Å². The van der Waals surface area contributed by atoms with Crippen molar-refractivity contribution in [1.29, 1.82) is 0 Å². The molecular weight excluding hydrogens is 224 g/mol. The predicted octanol–water partition coefficient (Wildman–Crippen LogP) is 2.40. The quantitative estimate of drug-likeness (QED) is 0.838. The van der Waals surface area contributed by atoms with Gasteiger partial charge in [0.15, 0.2) is 0 Å². The lowest BCUT2D eigenvalue weighted by atomic mass is 9.88. The van der Waals surface area contributed by atoms with Crippen molar-refractivity contribution in [3.63, 3.8) is 0 Å².